The van der Waals surface area contributed by atoms with E-state index in [-0.39, 0.29) is 24.3 Å². The van der Waals surface area contributed by atoms with Gasteiger partial charge in [-0.1, -0.05) is 41.9 Å². The van der Waals surface area contributed by atoms with Crippen molar-refractivity contribution in [1.29, 1.82) is 0 Å². The van der Waals surface area contributed by atoms with Crippen LogP contribution in [-0.4, -0.2) is 88.6 Å². The number of para-hydroxylation sites is 1. The van der Waals surface area contributed by atoms with Crippen LogP contribution in [0.15, 0.2) is 48.5 Å². The van der Waals surface area contributed by atoms with Crippen molar-refractivity contribution >= 4 is 39.1 Å². The smallest absolute Gasteiger partial charge is 0.226 e. The number of rotatable bonds is 10. The van der Waals surface area contributed by atoms with Gasteiger partial charge in [0.1, 0.15) is 0 Å². The van der Waals surface area contributed by atoms with Crippen LogP contribution < -0.4 is 14.9 Å². The van der Waals surface area contributed by atoms with E-state index in [4.69, 9.17) is 11.6 Å². The van der Waals surface area contributed by atoms with Crippen molar-refractivity contribution in [2.24, 2.45) is 11.8 Å². The first-order valence-corrected chi connectivity index (χ1v) is 16.8. The lowest BCUT2D eigenvalue weighted by atomic mass is 9.93. The van der Waals surface area contributed by atoms with E-state index in [1.165, 1.54) is 6.26 Å². The minimum atomic E-state index is -3.36. The highest BCUT2D eigenvalue weighted by Gasteiger charge is 2.37. The third-order valence-corrected chi connectivity index (χ3v) is 9.21. The van der Waals surface area contributed by atoms with E-state index in [2.05, 4.69) is 14.9 Å². The van der Waals surface area contributed by atoms with Crippen LogP contribution in [-0.2, 0) is 26.0 Å². The van der Waals surface area contributed by atoms with E-state index in [9.17, 15) is 18.0 Å². The lowest BCUT2D eigenvalue weighted by Gasteiger charge is -2.39. The SMILES string of the molecule is CS(=O)(=O)NC(c1ccccc1N1CCN(C(=O)[C@H](CC(=O)N2CCNCC2)Cc2ccc(Cl)cc2)CC1)C1CC1. The largest absolute Gasteiger partial charge is 0.368 e. The fourth-order valence-electron chi connectivity index (χ4n) is 5.94. The highest BCUT2D eigenvalue weighted by molar-refractivity contribution is 7.88. The number of carbonyl (C=O) groups is 2. The van der Waals surface area contributed by atoms with Crippen molar-refractivity contribution in [3.8, 4) is 0 Å². The van der Waals surface area contributed by atoms with Crippen molar-refractivity contribution in [1.82, 2.24) is 19.8 Å². The molecule has 3 fully saturated rings. The molecule has 0 radical (unpaired) electrons. The van der Waals surface area contributed by atoms with Crippen molar-refractivity contribution in [3.63, 3.8) is 0 Å². The predicted octanol–water partition coefficient (Wildman–Crippen LogP) is 2.67. The Labute approximate surface area is 248 Å². The van der Waals surface area contributed by atoms with Crippen LogP contribution in [0.1, 0.15) is 36.4 Å². The van der Waals surface area contributed by atoms with Crippen LogP contribution >= 0.6 is 11.6 Å². The third-order valence-electron chi connectivity index (χ3n) is 8.27. The molecular weight excluding hydrogens is 562 g/mol. The first-order chi connectivity index (χ1) is 19.7. The molecule has 41 heavy (non-hydrogen) atoms. The maximum absolute atomic E-state index is 13.9. The number of anilines is 1. The van der Waals surface area contributed by atoms with E-state index in [0.717, 1.165) is 42.7 Å². The van der Waals surface area contributed by atoms with Gasteiger partial charge in [-0.15, -0.1) is 0 Å². The van der Waals surface area contributed by atoms with Gasteiger partial charge >= 0.3 is 0 Å². The zero-order valence-electron chi connectivity index (χ0n) is 23.6. The number of nitrogens with zero attached hydrogens (tertiary/aromatic N) is 3. The van der Waals surface area contributed by atoms with Gasteiger partial charge in [0.15, 0.2) is 0 Å². The maximum Gasteiger partial charge on any atom is 0.226 e. The van der Waals surface area contributed by atoms with Gasteiger partial charge in [0.05, 0.1) is 18.2 Å². The van der Waals surface area contributed by atoms with Crippen LogP contribution in [0.2, 0.25) is 5.02 Å². The van der Waals surface area contributed by atoms with Gasteiger partial charge in [0.2, 0.25) is 21.8 Å². The van der Waals surface area contributed by atoms with Gasteiger partial charge in [-0.3, -0.25) is 9.59 Å². The maximum atomic E-state index is 13.9. The molecule has 2 atom stereocenters. The molecule has 1 aliphatic carbocycles. The number of nitrogens with one attached hydrogen (secondary N) is 2. The normalized spacial score (nSPS) is 19.6. The molecule has 2 N–H and O–H groups in total. The van der Waals surface area contributed by atoms with E-state index in [1.807, 2.05) is 58.3 Å². The monoisotopic (exact) mass is 601 g/mol. The zero-order chi connectivity index (χ0) is 29.0. The highest BCUT2D eigenvalue weighted by Crippen LogP contribution is 2.44. The third kappa shape index (κ3) is 8.00. The second-order valence-corrected chi connectivity index (χ2v) is 13.7. The molecule has 2 amide bonds. The van der Waals surface area contributed by atoms with Crippen molar-refractivity contribution in [2.75, 3.05) is 63.5 Å². The van der Waals surface area contributed by atoms with Gasteiger partial charge in [-0.05, 0) is 54.5 Å². The summed E-state index contributed by atoms with van der Waals surface area (Å²) in [5, 5.41) is 3.91. The average molecular weight is 602 g/mol. The molecule has 2 saturated heterocycles. The summed E-state index contributed by atoms with van der Waals surface area (Å²) >= 11 is 6.09. The minimum Gasteiger partial charge on any atom is -0.368 e. The van der Waals surface area contributed by atoms with Gasteiger partial charge in [0, 0.05) is 69.5 Å². The van der Waals surface area contributed by atoms with Crippen LogP contribution in [0.5, 0.6) is 0 Å². The molecule has 1 unspecified atom stereocenters. The Kier molecular flexibility index (Phi) is 9.53. The molecule has 1 saturated carbocycles. The van der Waals surface area contributed by atoms with Crippen molar-refractivity contribution < 1.29 is 18.0 Å². The first kappa shape index (κ1) is 29.8. The number of hydrogen-bond acceptors (Lipinski definition) is 6. The number of amides is 2. The Morgan fingerprint density at radius 3 is 2.24 bits per heavy atom. The van der Waals surface area contributed by atoms with Crippen LogP contribution in [0.4, 0.5) is 5.69 Å². The summed E-state index contributed by atoms with van der Waals surface area (Å²) in [5.74, 6) is -0.118. The summed E-state index contributed by atoms with van der Waals surface area (Å²) in [4.78, 5) is 33.1. The summed E-state index contributed by atoms with van der Waals surface area (Å²) in [7, 11) is -3.36. The van der Waals surface area contributed by atoms with Gasteiger partial charge in [-0.25, -0.2) is 13.1 Å². The molecule has 3 aliphatic rings. The molecule has 9 nitrogen and oxygen atoms in total. The number of sulfonamides is 1. The summed E-state index contributed by atoms with van der Waals surface area (Å²) in [6.07, 6.45) is 3.89. The molecule has 2 aliphatic heterocycles. The van der Waals surface area contributed by atoms with Gasteiger partial charge in [-0.2, -0.15) is 0 Å². The van der Waals surface area contributed by atoms with Gasteiger partial charge in [0.25, 0.3) is 0 Å². The van der Waals surface area contributed by atoms with Crippen LogP contribution in [0, 0.1) is 11.8 Å². The average Bonchev–Trinajstić information content (AvgIpc) is 3.82. The Bertz CT molecular complexity index is 1320. The summed E-state index contributed by atoms with van der Waals surface area (Å²) in [6, 6.07) is 15.2. The van der Waals surface area contributed by atoms with Crippen LogP contribution in [0.25, 0.3) is 0 Å². The summed E-state index contributed by atoms with van der Waals surface area (Å²) in [5.41, 5.74) is 2.99. The molecule has 2 aromatic rings. The first-order valence-electron chi connectivity index (χ1n) is 14.5. The highest BCUT2D eigenvalue weighted by atomic mass is 35.5. The number of carbonyl (C=O) groups excluding carboxylic acids is 2. The second kappa shape index (κ2) is 13.1. The standard InChI is InChI=1S/C30H40ClN5O4S/c1-41(39,40)33-29(23-8-9-23)26-4-2-3-5-27(26)34-16-18-36(19-17-34)30(38)24(20-22-6-10-25(31)11-7-22)21-28(37)35-14-12-32-13-15-35/h2-7,10-11,23-24,29,32-33H,8-9,12-21H2,1H3/t24-,29?/m0/s1. The molecule has 2 aromatic carbocycles. The lowest BCUT2D eigenvalue weighted by Crippen LogP contribution is -2.52. The molecule has 0 bridgehead atoms. The number of benzene rings is 2. The van der Waals surface area contributed by atoms with Crippen LogP contribution in [0.3, 0.4) is 0 Å². The topological polar surface area (TPSA) is 102 Å². The Balaban J connectivity index is 1.28. The number of halogens is 1. The predicted molar refractivity (Wildman–Crippen MR) is 161 cm³/mol. The van der Waals surface area contributed by atoms with E-state index < -0.39 is 15.9 Å². The van der Waals surface area contributed by atoms with E-state index >= 15 is 0 Å². The second-order valence-electron chi connectivity index (χ2n) is 11.4. The molecule has 0 aromatic heterocycles. The molecule has 2 heterocycles. The fourth-order valence-corrected chi connectivity index (χ4v) is 6.85. The Hall–Kier alpha value is -2.66. The van der Waals surface area contributed by atoms with E-state index in [1.54, 1.807) is 0 Å². The molecule has 0 spiro atoms. The molecular formula is C30H40ClN5O4S. The molecule has 5 rings (SSSR count). The summed E-state index contributed by atoms with van der Waals surface area (Å²) < 4.78 is 27.1. The lowest BCUT2D eigenvalue weighted by molar-refractivity contribution is -0.141. The molecule has 222 valence electrons. The number of hydrogen-bond donors (Lipinski definition) is 2. The Morgan fingerprint density at radius 1 is 0.951 bits per heavy atom. The van der Waals surface area contributed by atoms with Crippen molar-refractivity contribution in [3.05, 3.63) is 64.7 Å². The number of piperazine rings is 2. The molecule has 11 heteroatoms. The summed E-state index contributed by atoms with van der Waals surface area (Å²) in [6.45, 7) is 5.22. The quantitative estimate of drug-likeness (QED) is 0.434. The minimum absolute atomic E-state index is 0.00553. The van der Waals surface area contributed by atoms with E-state index in [0.29, 0.717) is 56.6 Å². The fraction of sp³-hybridized carbons (Fsp3) is 0.533. The van der Waals surface area contributed by atoms with Crippen molar-refractivity contribution in [2.45, 2.75) is 31.7 Å². The Morgan fingerprint density at radius 2 is 1.61 bits per heavy atom. The zero-order valence-corrected chi connectivity index (χ0v) is 25.2. The van der Waals surface area contributed by atoms with Gasteiger partial charge < -0.3 is 20.0 Å².